The van der Waals surface area contributed by atoms with E-state index in [9.17, 15) is 5.26 Å². The maximum atomic E-state index is 11.3. The van der Waals surface area contributed by atoms with Crippen molar-refractivity contribution in [3.8, 4) is 28.8 Å². The van der Waals surface area contributed by atoms with Crippen LogP contribution in [0.2, 0.25) is 0 Å². The van der Waals surface area contributed by atoms with Crippen molar-refractivity contribution in [1.82, 2.24) is 18.3 Å². The summed E-state index contributed by atoms with van der Waals surface area (Å²) in [5.74, 6) is 0. The van der Waals surface area contributed by atoms with Crippen LogP contribution in [0.3, 0.4) is 0 Å². The fraction of sp³-hybridized carbons (Fsp3) is 0.0179. The third kappa shape index (κ3) is 4.48. The Morgan fingerprint density at radius 3 is 1.18 bits per heavy atom. The first-order valence-corrected chi connectivity index (χ1v) is 20.8. The number of para-hydroxylation sites is 6. The van der Waals surface area contributed by atoms with Crippen molar-refractivity contribution < 1.29 is 0 Å². The van der Waals surface area contributed by atoms with Gasteiger partial charge in [-0.05, 0) is 79.2 Å². The molecule has 0 bridgehead atoms. The van der Waals surface area contributed by atoms with Crippen LogP contribution in [0.25, 0.3) is 110 Å². The lowest BCUT2D eigenvalue weighted by atomic mass is 10.0. The molecule has 0 unspecified atom stereocenters. The Balaban J connectivity index is 1.26. The molecule has 4 aromatic heterocycles. The lowest BCUT2D eigenvalue weighted by molar-refractivity contribution is 1.07. The summed E-state index contributed by atoms with van der Waals surface area (Å²) < 4.78 is 9.64. The first kappa shape index (κ1) is 33.6. The molecule has 61 heavy (non-hydrogen) atoms. The molecule has 0 spiro atoms. The standard InChI is InChI=1S/C56H35N5/c1-35-28-29-36(34-57)54(61-46-25-13-9-21-40(46)42-31-33-50-52(56(42)61)44-23-11-15-27-48(44)59(50)38-18-6-3-7-19-38)53(35)60-45-24-12-8-20-39(45)41-30-32-49-51(55(41)60)43-22-10-14-26-47(43)58(49)37-16-4-2-5-17-37/h2-33H,1H3. The molecule has 0 atom stereocenters. The van der Waals surface area contributed by atoms with E-state index >= 15 is 0 Å². The molecule has 0 aliphatic rings. The molecule has 0 aliphatic heterocycles. The van der Waals surface area contributed by atoms with Crippen LogP contribution in [-0.4, -0.2) is 18.3 Å². The van der Waals surface area contributed by atoms with Gasteiger partial charge in [0.05, 0.1) is 61.1 Å². The quantitative estimate of drug-likeness (QED) is 0.175. The Bertz CT molecular complexity index is 4000. The van der Waals surface area contributed by atoms with E-state index in [-0.39, 0.29) is 0 Å². The second kappa shape index (κ2) is 12.6. The average molecular weight is 778 g/mol. The highest BCUT2D eigenvalue weighted by Gasteiger charge is 2.28. The third-order valence-corrected chi connectivity index (χ3v) is 12.9. The zero-order valence-electron chi connectivity index (χ0n) is 33.2. The summed E-state index contributed by atoms with van der Waals surface area (Å²) in [6.45, 7) is 2.19. The van der Waals surface area contributed by atoms with Crippen molar-refractivity contribution in [2.45, 2.75) is 6.92 Å². The van der Waals surface area contributed by atoms with Crippen LogP contribution in [0.4, 0.5) is 0 Å². The number of hydrogen-bond donors (Lipinski definition) is 0. The monoisotopic (exact) mass is 777 g/mol. The molecule has 0 amide bonds. The largest absolute Gasteiger partial charge is 0.309 e. The first-order valence-electron chi connectivity index (χ1n) is 20.8. The highest BCUT2D eigenvalue weighted by Crippen LogP contribution is 2.47. The van der Waals surface area contributed by atoms with Gasteiger partial charge in [0.15, 0.2) is 0 Å². The van der Waals surface area contributed by atoms with Gasteiger partial charge in [-0.1, -0.05) is 127 Å². The molecule has 0 aliphatic carbocycles. The number of nitriles is 1. The maximum absolute atomic E-state index is 11.3. The summed E-state index contributed by atoms with van der Waals surface area (Å²) in [6.07, 6.45) is 0. The van der Waals surface area contributed by atoms with Gasteiger partial charge in [-0.3, -0.25) is 0 Å². The molecule has 5 heteroatoms. The van der Waals surface area contributed by atoms with Crippen molar-refractivity contribution in [1.29, 1.82) is 5.26 Å². The summed E-state index contributed by atoms with van der Waals surface area (Å²) in [6, 6.07) is 72.1. The van der Waals surface area contributed by atoms with E-state index in [1.54, 1.807) is 0 Å². The van der Waals surface area contributed by atoms with Gasteiger partial charge in [0, 0.05) is 54.5 Å². The molecule has 0 N–H and O–H groups in total. The van der Waals surface area contributed by atoms with E-state index in [1.165, 1.54) is 21.5 Å². The van der Waals surface area contributed by atoms with Crippen LogP contribution in [0.5, 0.6) is 0 Å². The van der Waals surface area contributed by atoms with Gasteiger partial charge in [-0.25, -0.2) is 0 Å². The van der Waals surface area contributed by atoms with Gasteiger partial charge in [-0.2, -0.15) is 5.26 Å². The summed E-state index contributed by atoms with van der Waals surface area (Å²) >= 11 is 0. The Hall–Kier alpha value is -8.33. The molecule has 4 heterocycles. The first-order chi connectivity index (χ1) is 30.2. The van der Waals surface area contributed by atoms with Crippen LogP contribution in [0, 0.1) is 18.3 Å². The molecule has 13 rings (SSSR count). The zero-order chi connectivity index (χ0) is 40.3. The van der Waals surface area contributed by atoms with Gasteiger partial charge in [0.25, 0.3) is 0 Å². The predicted octanol–water partition coefficient (Wildman–Crippen LogP) is 14.3. The Kier molecular flexibility index (Phi) is 6.94. The highest BCUT2D eigenvalue weighted by atomic mass is 15.1. The van der Waals surface area contributed by atoms with E-state index in [0.29, 0.717) is 5.56 Å². The van der Waals surface area contributed by atoms with Crippen molar-refractivity contribution in [3.63, 3.8) is 0 Å². The van der Waals surface area contributed by atoms with Crippen LogP contribution >= 0.6 is 0 Å². The molecule has 0 fully saturated rings. The molecule has 284 valence electrons. The van der Waals surface area contributed by atoms with Crippen LogP contribution in [-0.2, 0) is 0 Å². The third-order valence-electron chi connectivity index (χ3n) is 12.9. The topological polar surface area (TPSA) is 43.5 Å². The number of nitrogens with zero attached hydrogens (tertiary/aromatic N) is 5. The Labute approximate surface area is 350 Å². The SMILES string of the molecule is Cc1ccc(C#N)c(-n2c3ccccc3c3ccc4c(c5ccccc5n4-c4ccccc4)c32)c1-n1c2ccccc2c2ccc3c(c4ccccc4n3-c3ccccc3)c21. The highest BCUT2D eigenvalue weighted by molar-refractivity contribution is 6.28. The fourth-order valence-electron chi connectivity index (χ4n) is 10.5. The van der Waals surface area contributed by atoms with Crippen LogP contribution in [0.15, 0.2) is 194 Å². The summed E-state index contributed by atoms with van der Waals surface area (Å²) in [5.41, 5.74) is 14.6. The predicted molar refractivity (Wildman–Crippen MR) is 253 cm³/mol. The van der Waals surface area contributed by atoms with Crippen molar-refractivity contribution in [2.75, 3.05) is 0 Å². The molecule has 0 saturated carbocycles. The molecular formula is C56H35N5. The molecular weight excluding hydrogens is 743 g/mol. The molecule has 13 aromatic rings. The van der Waals surface area contributed by atoms with Gasteiger partial charge in [-0.15, -0.1) is 0 Å². The van der Waals surface area contributed by atoms with Crippen molar-refractivity contribution in [2.24, 2.45) is 0 Å². The lowest BCUT2D eigenvalue weighted by Gasteiger charge is -2.21. The van der Waals surface area contributed by atoms with Gasteiger partial charge in [0.2, 0.25) is 0 Å². The molecule has 0 saturated heterocycles. The van der Waals surface area contributed by atoms with Gasteiger partial charge in [0.1, 0.15) is 6.07 Å². The van der Waals surface area contributed by atoms with Crippen LogP contribution < -0.4 is 0 Å². The van der Waals surface area contributed by atoms with Gasteiger partial charge < -0.3 is 18.3 Å². The lowest BCUT2D eigenvalue weighted by Crippen LogP contribution is -2.08. The minimum absolute atomic E-state index is 0.608. The summed E-state index contributed by atoms with van der Waals surface area (Å²) in [5, 5.41) is 20.6. The number of fused-ring (bicyclic) bond motifs is 14. The molecule has 0 radical (unpaired) electrons. The van der Waals surface area contributed by atoms with Gasteiger partial charge >= 0.3 is 0 Å². The number of rotatable bonds is 4. The van der Waals surface area contributed by atoms with E-state index in [1.807, 2.05) is 6.07 Å². The average Bonchev–Trinajstić information content (AvgIpc) is 4.04. The van der Waals surface area contributed by atoms with E-state index < -0.39 is 0 Å². The van der Waals surface area contributed by atoms with E-state index in [0.717, 1.165) is 94.0 Å². The van der Waals surface area contributed by atoms with Crippen LogP contribution in [0.1, 0.15) is 11.1 Å². The molecule has 5 nitrogen and oxygen atoms in total. The minimum Gasteiger partial charge on any atom is -0.309 e. The minimum atomic E-state index is 0.608. The van der Waals surface area contributed by atoms with Crippen molar-refractivity contribution >= 4 is 87.2 Å². The number of benzene rings is 9. The number of aromatic nitrogens is 4. The Morgan fingerprint density at radius 1 is 0.328 bits per heavy atom. The second-order valence-corrected chi connectivity index (χ2v) is 16.0. The number of hydrogen-bond acceptors (Lipinski definition) is 1. The maximum Gasteiger partial charge on any atom is 0.101 e. The zero-order valence-corrected chi connectivity index (χ0v) is 33.2. The smallest absolute Gasteiger partial charge is 0.101 e. The fourth-order valence-corrected chi connectivity index (χ4v) is 10.5. The summed E-state index contributed by atoms with van der Waals surface area (Å²) in [7, 11) is 0. The Morgan fingerprint density at radius 2 is 0.721 bits per heavy atom. The summed E-state index contributed by atoms with van der Waals surface area (Å²) in [4.78, 5) is 0. The normalized spacial score (nSPS) is 12.0. The second-order valence-electron chi connectivity index (χ2n) is 16.0. The number of aryl methyl sites for hydroxylation is 1. The van der Waals surface area contributed by atoms with E-state index in [2.05, 4.69) is 219 Å². The van der Waals surface area contributed by atoms with Crippen molar-refractivity contribution in [3.05, 3.63) is 205 Å². The molecule has 9 aromatic carbocycles. The van der Waals surface area contributed by atoms with E-state index in [4.69, 9.17) is 0 Å².